The maximum atomic E-state index is 12.3. The fourth-order valence-electron chi connectivity index (χ4n) is 3.23. The van der Waals surface area contributed by atoms with Crippen molar-refractivity contribution in [3.05, 3.63) is 64.7 Å². The number of carbonyl (C=O) groups excluding carboxylic acids is 2. The lowest BCUT2D eigenvalue weighted by Gasteiger charge is -2.11. The van der Waals surface area contributed by atoms with Crippen LogP contribution in [0.15, 0.2) is 54.1 Å². The Bertz CT molecular complexity index is 977. The molecule has 0 aromatic heterocycles. The highest BCUT2D eigenvalue weighted by atomic mass is 35.5. The van der Waals surface area contributed by atoms with Gasteiger partial charge in [-0.05, 0) is 48.7 Å². The van der Waals surface area contributed by atoms with E-state index in [9.17, 15) is 14.9 Å². The van der Waals surface area contributed by atoms with Gasteiger partial charge in [0.15, 0.2) is 6.61 Å². The van der Waals surface area contributed by atoms with Crippen LogP contribution in [-0.2, 0) is 9.59 Å². The summed E-state index contributed by atoms with van der Waals surface area (Å²) in [7, 11) is 0. The number of halogens is 1. The third-order valence-electron chi connectivity index (χ3n) is 4.74. The van der Waals surface area contributed by atoms with Gasteiger partial charge in [-0.2, -0.15) is 5.26 Å². The molecule has 2 amide bonds. The van der Waals surface area contributed by atoms with Crippen molar-refractivity contribution in [2.75, 3.05) is 11.9 Å². The molecule has 2 aromatic rings. The fraction of sp³-hybridized carbons (Fsp3) is 0.261. The van der Waals surface area contributed by atoms with E-state index in [4.69, 9.17) is 16.3 Å². The quantitative estimate of drug-likeness (QED) is 0.512. The number of rotatable bonds is 7. The maximum Gasteiger partial charge on any atom is 0.262 e. The number of anilines is 1. The molecule has 0 spiro atoms. The zero-order valence-electron chi connectivity index (χ0n) is 16.4. The van der Waals surface area contributed by atoms with Crippen molar-refractivity contribution in [1.29, 1.82) is 5.26 Å². The molecule has 0 radical (unpaired) electrons. The summed E-state index contributed by atoms with van der Waals surface area (Å²) in [6.07, 6.45) is 5.57. The van der Waals surface area contributed by atoms with Crippen LogP contribution in [0.4, 0.5) is 5.69 Å². The average molecular weight is 424 g/mol. The van der Waals surface area contributed by atoms with Crippen LogP contribution in [-0.4, -0.2) is 24.5 Å². The lowest BCUT2D eigenvalue weighted by atomic mass is 10.1. The topological polar surface area (TPSA) is 91.2 Å². The molecule has 1 aliphatic rings. The molecule has 0 heterocycles. The number of nitrogens with zero attached hydrogens (tertiary/aromatic N) is 1. The van der Waals surface area contributed by atoms with Gasteiger partial charge >= 0.3 is 0 Å². The summed E-state index contributed by atoms with van der Waals surface area (Å²) in [6.45, 7) is -0.197. The molecule has 2 aromatic carbocycles. The van der Waals surface area contributed by atoms with E-state index in [1.54, 1.807) is 30.3 Å². The number of amides is 2. The molecular weight excluding hydrogens is 402 g/mol. The molecule has 0 saturated heterocycles. The van der Waals surface area contributed by atoms with Crippen LogP contribution >= 0.6 is 11.6 Å². The van der Waals surface area contributed by atoms with Gasteiger partial charge < -0.3 is 15.4 Å². The molecule has 0 atom stereocenters. The van der Waals surface area contributed by atoms with Crippen molar-refractivity contribution in [3.63, 3.8) is 0 Å². The van der Waals surface area contributed by atoms with Gasteiger partial charge in [0.05, 0.1) is 5.02 Å². The molecular formula is C23H22ClN3O3. The molecule has 2 N–H and O–H groups in total. The number of benzene rings is 2. The van der Waals surface area contributed by atoms with E-state index < -0.39 is 0 Å². The Kier molecular flexibility index (Phi) is 7.47. The van der Waals surface area contributed by atoms with E-state index in [1.807, 2.05) is 24.3 Å². The SMILES string of the molecule is N#C/C(=C/c1ccc(OCC(=O)Nc2ccccc2)c(Cl)c1)C(=O)NC1CCCC1. The summed E-state index contributed by atoms with van der Waals surface area (Å²) in [5, 5.41) is 15.2. The third-order valence-corrected chi connectivity index (χ3v) is 5.03. The monoisotopic (exact) mass is 423 g/mol. The Morgan fingerprint density at radius 1 is 1.17 bits per heavy atom. The van der Waals surface area contributed by atoms with Gasteiger partial charge in [0, 0.05) is 11.7 Å². The first-order valence-electron chi connectivity index (χ1n) is 9.75. The largest absolute Gasteiger partial charge is 0.482 e. The first-order chi connectivity index (χ1) is 14.5. The minimum absolute atomic E-state index is 0.0221. The Labute approximate surface area is 180 Å². The normalized spacial score (nSPS) is 14.1. The highest BCUT2D eigenvalue weighted by molar-refractivity contribution is 6.32. The van der Waals surface area contributed by atoms with Gasteiger partial charge in [-0.3, -0.25) is 9.59 Å². The number of ether oxygens (including phenoxy) is 1. The minimum atomic E-state index is -0.376. The zero-order valence-corrected chi connectivity index (χ0v) is 17.1. The van der Waals surface area contributed by atoms with Crippen molar-refractivity contribution in [1.82, 2.24) is 5.32 Å². The summed E-state index contributed by atoms with van der Waals surface area (Å²) in [6, 6.07) is 16.0. The number of nitrogens with one attached hydrogen (secondary N) is 2. The molecule has 1 fully saturated rings. The van der Waals surface area contributed by atoms with Gasteiger partial charge in [0.2, 0.25) is 0 Å². The van der Waals surface area contributed by atoms with Crippen LogP contribution in [0.2, 0.25) is 5.02 Å². The number of hydrogen-bond acceptors (Lipinski definition) is 4. The molecule has 0 bridgehead atoms. The Hall–Kier alpha value is -3.30. The first kappa shape index (κ1) is 21.4. The molecule has 1 saturated carbocycles. The second-order valence-electron chi connectivity index (χ2n) is 7.02. The van der Waals surface area contributed by atoms with Gasteiger partial charge in [-0.15, -0.1) is 0 Å². The lowest BCUT2D eigenvalue weighted by molar-refractivity contribution is -0.118. The second kappa shape index (κ2) is 10.5. The molecule has 0 unspecified atom stereocenters. The fourth-order valence-corrected chi connectivity index (χ4v) is 3.48. The number of nitriles is 1. The molecule has 3 rings (SSSR count). The van der Waals surface area contributed by atoms with Gasteiger partial charge in [0.25, 0.3) is 11.8 Å². The molecule has 30 heavy (non-hydrogen) atoms. The zero-order chi connectivity index (χ0) is 21.3. The lowest BCUT2D eigenvalue weighted by Crippen LogP contribution is -2.33. The predicted molar refractivity (Wildman–Crippen MR) is 116 cm³/mol. The van der Waals surface area contributed by atoms with E-state index in [0.29, 0.717) is 17.0 Å². The third kappa shape index (κ3) is 6.10. The molecule has 1 aliphatic carbocycles. The van der Waals surface area contributed by atoms with E-state index in [1.165, 1.54) is 6.08 Å². The summed E-state index contributed by atoms with van der Waals surface area (Å²) >= 11 is 6.25. The van der Waals surface area contributed by atoms with E-state index >= 15 is 0 Å². The van der Waals surface area contributed by atoms with Crippen LogP contribution in [0.3, 0.4) is 0 Å². The molecule has 154 valence electrons. The van der Waals surface area contributed by atoms with Crippen LogP contribution in [0.5, 0.6) is 5.75 Å². The second-order valence-corrected chi connectivity index (χ2v) is 7.42. The van der Waals surface area contributed by atoms with Crippen molar-refractivity contribution in [2.24, 2.45) is 0 Å². The number of para-hydroxylation sites is 1. The molecule has 6 nitrogen and oxygen atoms in total. The average Bonchev–Trinajstić information content (AvgIpc) is 3.25. The highest BCUT2D eigenvalue weighted by Crippen LogP contribution is 2.26. The van der Waals surface area contributed by atoms with Crippen molar-refractivity contribution in [2.45, 2.75) is 31.7 Å². The number of carbonyl (C=O) groups is 2. The molecule has 0 aliphatic heterocycles. The number of hydrogen-bond donors (Lipinski definition) is 2. The summed E-state index contributed by atoms with van der Waals surface area (Å²) < 4.78 is 5.48. The predicted octanol–water partition coefficient (Wildman–Crippen LogP) is 4.32. The van der Waals surface area contributed by atoms with E-state index in [-0.39, 0.29) is 35.1 Å². The van der Waals surface area contributed by atoms with Crippen LogP contribution in [0, 0.1) is 11.3 Å². The van der Waals surface area contributed by atoms with Crippen molar-refractivity contribution >= 4 is 35.2 Å². The Balaban J connectivity index is 1.59. The van der Waals surface area contributed by atoms with Crippen molar-refractivity contribution in [3.8, 4) is 11.8 Å². The van der Waals surface area contributed by atoms with Gasteiger partial charge in [0.1, 0.15) is 17.4 Å². The van der Waals surface area contributed by atoms with E-state index in [2.05, 4.69) is 10.6 Å². The van der Waals surface area contributed by atoms with Crippen LogP contribution in [0.25, 0.3) is 6.08 Å². The smallest absolute Gasteiger partial charge is 0.262 e. The highest BCUT2D eigenvalue weighted by Gasteiger charge is 2.19. The van der Waals surface area contributed by atoms with E-state index in [0.717, 1.165) is 25.7 Å². The van der Waals surface area contributed by atoms with Gasteiger partial charge in [-0.1, -0.05) is 48.7 Å². The van der Waals surface area contributed by atoms with Gasteiger partial charge in [-0.25, -0.2) is 0 Å². The Morgan fingerprint density at radius 3 is 2.57 bits per heavy atom. The minimum Gasteiger partial charge on any atom is -0.482 e. The summed E-state index contributed by atoms with van der Waals surface area (Å²) in [4.78, 5) is 24.3. The van der Waals surface area contributed by atoms with Crippen LogP contribution < -0.4 is 15.4 Å². The summed E-state index contributed by atoms with van der Waals surface area (Å²) in [5.41, 5.74) is 1.30. The standard InChI is InChI=1S/C23H22ClN3O3/c24-20-13-16(12-17(14-25)23(29)27-19-8-4-5-9-19)10-11-21(20)30-15-22(28)26-18-6-2-1-3-7-18/h1-3,6-7,10-13,19H,4-5,8-9,15H2,(H,26,28)(H,27,29)/b17-12-. The van der Waals surface area contributed by atoms with Crippen LogP contribution in [0.1, 0.15) is 31.2 Å². The van der Waals surface area contributed by atoms with Crippen molar-refractivity contribution < 1.29 is 14.3 Å². The molecule has 7 heteroatoms. The first-order valence-corrected chi connectivity index (χ1v) is 10.1. The Morgan fingerprint density at radius 2 is 1.90 bits per heavy atom. The maximum absolute atomic E-state index is 12.3. The summed E-state index contributed by atoms with van der Waals surface area (Å²) in [5.74, 6) is -0.346.